The van der Waals surface area contributed by atoms with Crippen LogP contribution in [0.4, 0.5) is 32.0 Å². The van der Waals surface area contributed by atoms with Crippen LogP contribution in [-0.4, -0.2) is 41.9 Å². The smallest absolute Gasteiger partial charge is 0.331 e. The quantitative estimate of drug-likeness (QED) is 0.772. The van der Waals surface area contributed by atoms with Gasteiger partial charge in [0.25, 0.3) is 0 Å². The van der Waals surface area contributed by atoms with Gasteiger partial charge in [0.1, 0.15) is 0 Å². The first kappa shape index (κ1) is 21.0. The molecule has 0 saturated carbocycles. The Balaban J connectivity index is 2.21. The van der Waals surface area contributed by atoms with Crippen molar-refractivity contribution in [3.63, 3.8) is 0 Å². The molecule has 0 aliphatic carbocycles. The molecule has 0 atom stereocenters. The van der Waals surface area contributed by atoms with Crippen LogP contribution < -0.4 is 10.6 Å². The minimum absolute atomic E-state index is 0.0298. The standard InChI is InChI=1S/C16H17F6N3O2/c1-14(2)13(27)25(4-3-23-14)8-12(26)24-11-6-9(15(17,18)19)5-10(7-11)16(20,21)22/h5-7,23H,3-4,8H2,1-2H3,(H,24,26). The first-order valence-corrected chi connectivity index (χ1v) is 7.84. The fourth-order valence-corrected chi connectivity index (χ4v) is 2.63. The second-order valence-electron chi connectivity index (χ2n) is 6.62. The molecule has 150 valence electrons. The highest BCUT2D eigenvalue weighted by atomic mass is 19.4. The second-order valence-corrected chi connectivity index (χ2v) is 6.62. The molecule has 11 heteroatoms. The number of amides is 2. The van der Waals surface area contributed by atoms with Crippen molar-refractivity contribution in [2.75, 3.05) is 25.0 Å². The number of piperazine rings is 1. The van der Waals surface area contributed by atoms with Crippen LogP contribution in [0.2, 0.25) is 0 Å². The van der Waals surface area contributed by atoms with Gasteiger partial charge in [-0.15, -0.1) is 0 Å². The van der Waals surface area contributed by atoms with Gasteiger partial charge in [-0.25, -0.2) is 0 Å². The normalized spacial score (nSPS) is 17.8. The second kappa shape index (κ2) is 7.02. The Morgan fingerprint density at radius 2 is 1.63 bits per heavy atom. The summed E-state index contributed by atoms with van der Waals surface area (Å²) in [5.74, 6) is -1.29. The van der Waals surface area contributed by atoms with Gasteiger partial charge in [-0.2, -0.15) is 26.3 Å². The lowest BCUT2D eigenvalue weighted by atomic mass is 10.0. The number of halogens is 6. The fraction of sp³-hybridized carbons (Fsp3) is 0.500. The average molecular weight is 397 g/mol. The molecule has 2 amide bonds. The number of benzene rings is 1. The topological polar surface area (TPSA) is 61.4 Å². The van der Waals surface area contributed by atoms with E-state index in [0.29, 0.717) is 18.7 Å². The molecule has 0 unspecified atom stereocenters. The Hall–Kier alpha value is -2.30. The molecular weight excluding hydrogens is 380 g/mol. The van der Waals surface area contributed by atoms with E-state index in [1.54, 1.807) is 13.8 Å². The zero-order valence-electron chi connectivity index (χ0n) is 14.4. The zero-order valence-corrected chi connectivity index (χ0v) is 14.4. The Kier molecular flexibility index (Phi) is 5.46. The van der Waals surface area contributed by atoms with E-state index in [9.17, 15) is 35.9 Å². The van der Waals surface area contributed by atoms with E-state index in [4.69, 9.17) is 0 Å². The molecule has 1 aliphatic rings. The summed E-state index contributed by atoms with van der Waals surface area (Å²) in [7, 11) is 0. The Morgan fingerprint density at radius 1 is 1.11 bits per heavy atom. The Labute approximate surface area is 150 Å². The van der Waals surface area contributed by atoms with Crippen LogP contribution in [0.3, 0.4) is 0 Å². The van der Waals surface area contributed by atoms with Crippen molar-refractivity contribution < 1.29 is 35.9 Å². The molecule has 1 aromatic carbocycles. The maximum absolute atomic E-state index is 12.8. The number of nitrogens with zero attached hydrogens (tertiary/aromatic N) is 1. The lowest BCUT2D eigenvalue weighted by molar-refractivity contribution is -0.143. The Bertz CT molecular complexity index is 710. The summed E-state index contributed by atoms with van der Waals surface area (Å²) in [5.41, 5.74) is -4.64. The van der Waals surface area contributed by atoms with Crippen molar-refractivity contribution in [3.8, 4) is 0 Å². The molecule has 5 nitrogen and oxygen atoms in total. The SMILES string of the molecule is CC1(C)NCCN(CC(=O)Nc2cc(C(F)(F)F)cc(C(F)(F)F)c2)C1=O. The molecule has 1 saturated heterocycles. The molecule has 1 aromatic rings. The van der Waals surface area contributed by atoms with Crippen LogP contribution in [0.5, 0.6) is 0 Å². The third-order valence-electron chi connectivity index (χ3n) is 3.98. The summed E-state index contributed by atoms with van der Waals surface area (Å²) in [6.45, 7) is 3.30. The summed E-state index contributed by atoms with van der Waals surface area (Å²) in [5, 5.41) is 4.95. The highest BCUT2D eigenvalue weighted by molar-refractivity contribution is 5.96. The van der Waals surface area contributed by atoms with E-state index in [1.165, 1.54) is 4.90 Å². The van der Waals surface area contributed by atoms with Crippen molar-refractivity contribution in [2.24, 2.45) is 0 Å². The average Bonchev–Trinajstić information content (AvgIpc) is 2.49. The van der Waals surface area contributed by atoms with Crippen LogP contribution in [0.1, 0.15) is 25.0 Å². The van der Waals surface area contributed by atoms with Crippen LogP contribution in [0, 0.1) is 0 Å². The largest absolute Gasteiger partial charge is 0.416 e. The summed E-state index contributed by atoms with van der Waals surface area (Å²) in [6, 6.07) is 0.797. The Morgan fingerprint density at radius 3 is 2.11 bits per heavy atom. The lowest BCUT2D eigenvalue weighted by Gasteiger charge is -2.37. The van der Waals surface area contributed by atoms with Crippen molar-refractivity contribution in [1.82, 2.24) is 10.2 Å². The van der Waals surface area contributed by atoms with Gasteiger partial charge in [-0.3, -0.25) is 9.59 Å². The summed E-state index contributed by atoms with van der Waals surface area (Å²) < 4.78 is 77.1. The molecule has 0 bridgehead atoms. The minimum atomic E-state index is -5.01. The van der Waals surface area contributed by atoms with Crippen LogP contribution >= 0.6 is 0 Å². The predicted octanol–water partition coefficient (Wildman–Crippen LogP) is 2.87. The van der Waals surface area contributed by atoms with Crippen LogP contribution in [-0.2, 0) is 21.9 Å². The molecule has 1 aliphatic heterocycles. The van der Waals surface area contributed by atoms with Gasteiger partial charge >= 0.3 is 12.4 Å². The number of hydrogen-bond acceptors (Lipinski definition) is 3. The summed E-state index contributed by atoms with van der Waals surface area (Å²) >= 11 is 0. The highest BCUT2D eigenvalue weighted by Gasteiger charge is 2.38. The van der Waals surface area contributed by atoms with Gasteiger partial charge in [-0.05, 0) is 32.0 Å². The van der Waals surface area contributed by atoms with Gasteiger partial charge in [-0.1, -0.05) is 0 Å². The predicted molar refractivity (Wildman–Crippen MR) is 83.7 cm³/mol. The van der Waals surface area contributed by atoms with Gasteiger partial charge in [0.05, 0.1) is 23.2 Å². The minimum Gasteiger partial charge on any atom is -0.331 e. The van der Waals surface area contributed by atoms with E-state index in [0.717, 1.165) is 0 Å². The fourth-order valence-electron chi connectivity index (χ4n) is 2.63. The molecular formula is C16H17F6N3O2. The maximum atomic E-state index is 12.8. The lowest BCUT2D eigenvalue weighted by Crippen LogP contribution is -2.62. The third-order valence-corrected chi connectivity index (χ3v) is 3.98. The van der Waals surface area contributed by atoms with Crippen molar-refractivity contribution in [1.29, 1.82) is 0 Å². The van der Waals surface area contributed by atoms with Gasteiger partial charge < -0.3 is 15.5 Å². The van der Waals surface area contributed by atoms with E-state index in [2.05, 4.69) is 5.32 Å². The van der Waals surface area contributed by atoms with Crippen molar-refractivity contribution in [3.05, 3.63) is 29.3 Å². The van der Waals surface area contributed by atoms with Gasteiger partial charge in [0.15, 0.2) is 0 Å². The molecule has 27 heavy (non-hydrogen) atoms. The number of anilines is 1. The number of rotatable bonds is 3. The van der Waals surface area contributed by atoms with Crippen LogP contribution in [0.15, 0.2) is 18.2 Å². The molecule has 2 rings (SSSR count). The maximum Gasteiger partial charge on any atom is 0.416 e. The third kappa shape index (κ3) is 5.12. The molecule has 1 heterocycles. The summed E-state index contributed by atoms with van der Waals surface area (Å²) in [6.07, 6.45) is -10.0. The zero-order chi connectivity index (χ0) is 20.6. The summed E-state index contributed by atoms with van der Waals surface area (Å²) in [4.78, 5) is 25.4. The van der Waals surface area contributed by atoms with Gasteiger partial charge in [0, 0.05) is 18.8 Å². The molecule has 2 N–H and O–H groups in total. The van der Waals surface area contributed by atoms with E-state index >= 15 is 0 Å². The molecule has 0 radical (unpaired) electrons. The monoisotopic (exact) mass is 397 g/mol. The number of hydrogen-bond donors (Lipinski definition) is 2. The van der Waals surface area contributed by atoms with Gasteiger partial charge in [0.2, 0.25) is 11.8 Å². The van der Waals surface area contributed by atoms with E-state index < -0.39 is 53.1 Å². The van der Waals surface area contributed by atoms with Crippen molar-refractivity contribution in [2.45, 2.75) is 31.7 Å². The van der Waals surface area contributed by atoms with E-state index in [-0.39, 0.29) is 12.6 Å². The van der Waals surface area contributed by atoms with E-state index in [1.807, 2.05) is 5.32 Å². The first-order chi connectivity index (χ1) is 12.2. The highest BCUT2D eigenvalue weighted by Crippen LogP contribution is 2.37. The first-order valence-electron chi connectivity index (χ1n) is 7.84. The number of alkyl halides is 6. The number of nitrogens with one attached hydrogen (secondary N) is 2. The molecule has 0 aromatic heterocycles. The molecule has 0 spiro atoms. The number of carbonyl (C=O) groups is 2. The van der Waals surface area contributed by atoms with Crippen LogP contribution in [0.25, 0.3) is 0 Å². The molecule has 1 fully saturated rings. The number of carbonyl (C=O) groups excluding carboxylic acids is 2. The van der Waals surface area contributed by atoms with Crippen molar-refractivity contribution >= 4 is 17.5 Å².